The van der Waals surface area contributed by atoms with Crippen LogP contribution in [-0.2, 0) is 4.74 Å². The fourth-order valence-electron chi connectivity index (χ4n) is 1.13. The van der Waals surface area contributed by atoms with Crippen LogP contribution in [0, 0.1) is 5.92 Å². The van der Waals surface area contributed by atoms with Crippen LogP contribution in [0.25, 0.3) is 0 Å². The van der Waals surface area contributed by atoms with Gasteiger partial charge in [0.05, 0.1) is 6.10 Å². The van der Waals surface area contributed by atoms with Crippen LogP contribution in [0.5, 0.6) is 0 Å². The Bertz CT molecular complexity index is 63.1. The summed E-state index contributed by atoms with van der Waals surface area (Å²) in [7, 11) is 0. The zero-order chi connectivity index (χ0) is 7.98. The van der Waals surface area contributed by atoms with Crippen LogP contribution in [-0.4, -0.2) is 12.7 Å². The maximum atomic E-state index is 5.41. The molecule has 0 N–H and O–H groups in total. The van der Waals surface area contributed by atoms with Gasteiger partial charge in [0.1, 0.15) is 0 Å². The lowest BCUT2D eigenvalue weighted by atomic mass is 10.1. The third kappa shape index (κ3) is 3.21. The van der Waals surface area contributed by atoms with Crippen molar-refractivity contribution in [3.63, 3.8) is 0 Å². The van der Waals surface area contributed by atoms with Gasteiger partial charge in [0.25, 0.3) is 0 Å². The van der Waals surface area contributed by atoms with Crippen LogP contribution in [0.2, 0.25) is 0 Å². The molecular weight excluding hydrogens is 124 g/mol. The van der Waals surface area contributed by atoms with E-state index in [0.29, 0.717) is 6.10 Å². The topological polar surface area (TPSA) is 9.23 Å². The van der Waals surface area contributed by atoms with Gasteiger partial charge >= 0.3 is 0 Å². The predicted molar refractivity (Wildman–Crippen MR) is 45.2 cm³/mol. The van der Waals surface area contributed by atoms with Crippen molar-refractivity contribution in [3.05, 3.63) is 0 Å². The number of rotatable bonds is 1. The molecule has 0 bridgehead atoms. The molecule has 0 aromatic heterocycles. The minimum absolute atomic E-state index is 0.565. The first-order chi connectivity index (χ1) is 4.80. The molecule has 62 valence electrons. The zero-order valence-electron chi connectivity index (χ0n) is 7.68. The molecule has 0 aromatic rings. The number of hydrogen-bond acceptors (Lipinski definition) is 1. The van der Waals surface area contributed by atoms with E-state index in [-0.39, 0.29) is 0 Å². The Morgan fingerprint density at radius 2 is 1.90 bits per heavy atom. The minimum Gasteiger partial charge on any atom is -0.378 e. The van der Waals surface area contributed by atoms with E-state index in [1.807, 2.05) is 13.8 Å². The van der Waals surface area contributed by atoms with Crippen LogP contribution in [0.3, 0.4) is 0 Å². The monoisotopic (exact) mass is 144 g/mol. The molecule has 0 radical (unpaired) electrons. The van der Waals surface area contributed by atoms with E-state index in [4.69, 9.17) is 4.74 Å². The van der Waals surface area contributed by atoms with Crippen LogP contribution in [0.1, 0.15) is 40.5 Å². The van der Waals surface area contributed by atoms with Gasteiger partial charge in [-0.2, -0.15) is 0 Å². The second-order valence-electron chi connectivity index (χ2n) is 2.80. The van der Waals surface area contributed by atoms with Gasteiger partial charge in [-0.3, -0.25) is 0 Å². The highest BCUT2D eigenvalue weighted by atomic mass is 16.5. The summed E-state index contributed by atoms with van der Waals surface area (Å²) in [4.78, 5) is 0. The molecule has 1 heteroatoms. The molecule has 1 unspecified atom stereocenters. The fourth-order valence-corrected chi connectivity index (χ4v) is 1.13. The second kappa shape index (κ2) is 5.72. The third-order valence-corrected chi connectivity index (χ3v) is 1.71. The quantitative estimate of drug-likeness (QED) is 0.550. The Hall–Kier alpha value is -0.0400. The van der Waals surface area contributed by atoms with E-state index < -0.39 is 0 Å². The summed E-state index contributed by atoms with van der Waals surface area (Å²) in [5.41, 5.74) is 0. The van der Waals surface area contributed by atoms with E-state index >= 15 is 0 Å². The van der Waals surface area contributed by atoms with Crippen molar-refractivity contribution >= 4 is 0 Å². The molecule has 0 aliphatic carbocycles. The first-order valence-electron chi connectivity index (χ1n) is 4.42. The van der Waals surface area contributed by atoms with Crippen LogP contribution >= 0.6 is 0 Å². The van der Waals surface area contributed by atoms with Crippen molar-refractivity contribution in [1.29, 1.82) is 0 Å². The van der Waals surface area contributed by atoms with Crippen molar-refractivity contribution in [1.82, 2.24) is 0 Å². The molecule has 1 saturated heterocycles. The summed E-state index contributed by atoms with van der Waals surface area (Å²) in [6.45, 7) is 9.43. The van der Waals surface area contributed by atoms with Crippen LogP contribution in [0.15, 0.2) is 0 Å². The summed E-state index contributed by atoms with van der Waals surface area (Å²) in [6.07, 6.45) is 3.11. The highest BCUT2D eigenvalue weighted by Gasteiger charge is 2.17. The molecule has 0 amide bonds. The predicted octanol–water partition coefficient (Wildman–Crippen LogP) is 2.85. The Kier molecular flexibility index (Phi) is 5.70. The van der Waals surface area contributed by atoms with E-state index in [0.717, 1.165) is 12.5 Å². The minimum atomic E-state index is 0.565. The Morgan fingerprint density at radius 1 is 1.30 bits per heavy atom. The molecule has 1 atom stereocenters. The largest absolute Gasteiger partial charge is 0.378 e. The number of ether oxygens (including phenoxy) is 1. The van der Waals surface area contributed by atoms with Gasteiger partial charge in [-0.25, -0.2) is 0 Å². The first-order valence-corrected chi connectivity index (χ1v) is 4.42. The van der Waals surface area contributed by atoms with Gasteiger partial charge < -0.3 is 4.74 Å². The molecular formula is C9H20O. The van der Waals surface area contributed by atoms with Gasteiger partial charge in [-0.15, -0.1) is 0 Å². The van der Waals surface area contributed by atoms with E-state index in [1.54, 1.807) is 0 Å². The van der Waals surface area contributed by atoms with Gasteiger partial charge in [0.15, 0.2) is 0 Å². The highest BCUT2D eigenvalue weighted by molar-refractivity contribution is 4.67. The second-order valence-corrected chi connectivity index (χ2v) is 2.80. The van der Waals surface area contributed by atoms with Crippen molar-refractivity contribution < 1.29 is 4.74 Å². The van der Waals surface area contributed by atoms with Crippen molar-refractivity contribution in [2.45, 2.75) is 46.6 Å². The van der Waals surface area contributed by atoms with Crippen LogP contribution in [0.4, 0.5) is 0 Å². The fraction of sp³-hybridized carbons (Fsp3) is 1.00. The highest BCUT2D eigenvalue weighted by Crippen LogP contribution is 2.18. The molecule has 1 nitrogen and oxygen atoms in total. The molecule has 0 spiro atoms. The standard InChI is InChI=1S/C7H14O.C2H6/c1-6(2)7-4-3-5-8-7;1-2/h6-7H,3-5H2,1-2H3;1-2H3. The average molecular weight is 144 g/mol. The lowest BCUT2D eigenvalue weighted by molar-refractivity contribution is 0.0758. The first kappa shape index (κ1) is 9.96. The smallest absolute Gasteiger partial charge is 0.0598 e. The Morgan fingerprint density at radius 3 is 2.10 bits per heavy atom. The molecule has 10 heavy (non-hydrogen) atoms. The summed E-state index contributed by atoms with van der Waals surface area (Å²) in [5.74, 6) is 0.720. The Balaban J connectivity index is 0.000000371. The maximum absolute atomic E-state index is 5.41. The third-order valence-electron chi connectivity index (χ3n) is 1.71. The molecule has 0 saturated carbocycles. The lowest BCUT2D eigenvalue weighted by Gasteiger charge is -2.11. The molecule has 1 aliphatic heterocycles. The van der Waals surface area contributed by atoms with Crippen molar-refractivity contribution in [3.8, 4) is 0 Å². The Labute approximate surface area is 64.8 Å². The lowest BCUT2D eigenvalue weighted by Crippen LogP contribution is -2.12. The van der Waals surface area contributed by atoms with E-state index in [2.05, 4.69) is 13.8 Å². The summed E-state index contributed by atoms with van der Waals surface area (Å²) >= 11 is 0. The molecule has 1 fully saturated rings. The van der Waals surface area contributed by atoms with Gasteiger partial charge in [-0.05, 0) is 18.8 Å². The molecule has 1 aliphatic rings. The van der Waals surface area contributed by atoms with Gasteiger partial charge in [-0.1, -0.05) is 27.7 Å². The zero-order valence-corrected chi connectivity index (χ0v) is 7.68. The van der Waals surface area contributed by atoms with Crippen LogP contribution < -0.4 is 0 Å². The molecule has 0 aromatic carbocycles. The SMILES string of the molecule is CC.CC(C)C1CCCO1. The van der Waals surface area contributed by atoms with Crippen molar-refractivity contribution in [2.75, 3.05) is 6.61 Å². The molecule has 1 rings (SSSR count). The van der Waals surface area contributed by atoms with Gasteiger partial charge in [0.2, 0.25) is 0 Å². The maximum Gasteiger partial charge on any atom is 0.0598 e. The van der Waals surface area contributed by atoms with Gasteiger partial charge in [0, 0.05) is 6.61 Å². The van der Waals surface area contributed by atoms with E-state index in [9.17, 15) is 0 Å². The van der Waals surface area contributed by atoms with Crippen molar-refractivity contribution in [2.24, 2.45) is 5.92 Å². The normalized spacial score (nSPS) is 24.3. The average Bonchev–Trinajstić information content (AvgIpc) is 2.42. The summed E-state index contributed by atoms with van der Waals surface area (Å²) in [5, 5.41) is 0. The number of hydrogen-bond donors (Lipinski definition) is 0. The summed E-state index contributed by atoms with van der Waals surface area (Å²) < 4.78 is 5.41. The summed E-state index contributed by atoms with van der Waals surface area (Å²) in [6, 6.07) is 0. The molecule has 1 heterocycles. The van der Waals surface area contributed by atoms with E-state index in [1.165, 1.54) is 12.8 Å².